The Bertz CT molecular complexity index is 1220. The first-order valence-electron chi connectivity index (χ1n) is 10.1. The molecule has 4 rings (SSSR count). The second-order valence-electron chi connectivity index (χ2n) is 7.95. The molecule has 2 N–H and O–H groups in total. The predicted molar refractivity (Wildman–Crippen MR) is 115 cm³/mol. The van der Waals surface area contributed by atoms with Crippen LogP contribution in [0.1, 0.15) is 41.3 Å². The molecule has 1 aromatic heterocycles. The number of pyridine rings is 1. The molecule has 0 spiro atoms. The molecule has 0 saturated carbocycles. The fraction of sp³-hybridized carbons (Fsp3) is 0.304. The molecule has 0 radical (unpaired) electrons. The Hall–Kier alpha value is -3.29. The van der Waals surface area contributed by atoms with Crippen molar-refractivity contribution in [2.45, 2.75) is 38.9 Å². The summed E-state index contributed by atoms with van der Waals surface area (Å²) in [6, 6.07) is 9.12. The summed E-state index contributed by atoms with van der Waals surface area (Å²) in [5.74, 6) is -0.892. The topological polar surface area (TPSA) is 65.2 Å². The van der Waals surface area contributed by atoms with Gasteiger partial charge in [-0.25, -0.2) is 0 Å². The summed E-state index contributed by atoms with van der Waals surface area (Å²) in [5, 5.41) is 2.58. The highest BCUT2D eigenvalue weighted by atomic mass is 19.4. The summed E-state index contributed by atoms with van der Waals surface area (Å²) >= 11 is 0. The molecule has 0 aliphatic carbocycles. The summed E-state index contributed by atoms with van der Waals surface area (Å²) < 4.78 is 41.3. The molecule has 2 aromatic carbocycles. The number of benzene rings is 2. The smallest absolute Gasteiger partial charge is 0.369 e. The van der Waals surface area contributed by atoms with E-state index in [9.17, 15) is 22.8 Å². The molecule has 1 aliphatic heterocycles. The number of nitrogens with one attached hydrogen (secondary N) is 2. The number of alkyl halides is 3. The molecule has 1 aliphatic rings. The summed E-state index contributed by atoms with van der Waals surface area (Å²) in [5.41, 5.74) is -0.149. The molecule has 0 unspecified atom stereocenters. The monoisotopic (exact) mass is 429 g/mol. The Morgan fingerprint density at radius 2 is 1.97 bits per heavy atom. The average molecular weight is 429 g/mol. The normalized spacial score (nSPS) is 16.7. The van der Waals surface area contributed by atoms with Gasteiger partial charge in [-0.2, -0.15) is 13.2 Å². The number of hydrogen-bond donors (Lipinski definition) is 2. The Labute approximate surface area is 176 Å². The van der Waals surface area contributed by atoms with Crippen LogP contribution in [0.4, 0.5) is 24.5 Å². The van der Waals surface area contributed by atoms with Gasteiger partial charge in [-0.15, -0.1) is 0 Å². The zero-order valence-corrected chi connectivity index (χ0v) is 17.1. The van der Waals surface area contributed by atoms with Crippen LogP contribution in [0.3, 0.4) is 0 Å². The Balaban J connectivity index is 1.69. The third-order valence-corrected chi connectivity index (χ3v) is 5.72. The van der Waals surface area contributed by atoms with Gasteiger partial charge in [0.15, 0.2) is 0 Å². The van der Waals surface area contributed by atoms with Crippen molar-refractivity contribution in [3.05, 3.63) is 69.5 Å². The molecule has 3 aromatic rings. The zero-order chi connectivity index (χ0) is 22.3. The van der Waals surface area contributed by atoms with E-state index in [-0.39, 0.29) is 17.3 Å². The number of rotatable bonds is 3. The molecule has 0 bridgehead atoms. The van der Waals surface area contributed by atoms with E-state index >= 15 is 0 Å². The number of carbonyl (C=O) groups excluding carboxylic acids is 1. The van der Waals surface area contributed by atoms with E-state index in [4.69, 9.17) is 0 Å². The maximum Gasteiger partial charge on any atom is 0.418 e. The number of aromatic nitrogens is 1. The van der Waals surface area contributed by atoms with Crippen molar-refractivity contribution in [3.8, 4) is 0 Å². The highest BCUT2D eigenvalue weighted by Gasteiger charge is 2.35. The number of carbonyl (C=O) groups is 1. The minimum Gasteiger partial charge on any atom is -0.369 e. The van der Waals surface area contributed by atoms with Gasteiger partial charge in [0.05, 0.1) is 11.3 Å². The number of H-pyrrole nitrogens is 1. The van der Waals surface area contributed by atoms with Crippen molar-refractivity contribution < 1.29 is 18.0 Å². The molecule has 1 amide bonds. The highest BCUT2D eigenvalue weighted by Crippen LogP contribution is 2.38. The van der Waals surface area contributed by atoms with Gasteiger partial charge >= 0.3 is 6.18 Å². The lowest BCUT2D eigenvalue weighted by Gasteiger charge is -2.25. The largest absolute Gasteiger partial charge is 0.418 e. The van der Waals surface area contributed by atoms with Crippen molar-refractivity contribution in [3.63, 3.8) is 0 Å². The summed E-state index contributed by atoms with van der Waals surface area (Å²) in [7, 11) is 0. The van der Waals surface area contributed by atoms with E-state index in [0.717, 1.165) is 24.5 Å². The lowest BCUT2D eigenvalue weighted by Crippen LogP contribution is -2.27. The van der Waals surface area contributed by atoms with Gasteiger partial charge in [-0.3, -0.25) is 9.59 Å². The van der Waals surface area contributed by atoms with Crippen LogP contribution in [0.5, 0.6) is 0 Å². The molecule has 1 saturated heterocycles. The maximum absolute atomic E-state index is 13.8. The SMILES string of the molecule is Cc1ccc2c(=O)c(C(=O)Nc3ccc(N4CCC[C@@H]4C)cc3C(F)(F)F)c[nH]c2c1. The van der Waals surface area contributed by atoms with Crippen LogP contribution >= 0.6 is 0 Å². The number of aromatic amines is 1. The molecular formula is C23H22F3N3O2. The van der Waals surface area contributed by atoms with Crippen LogP contribution in [0.15, 0.2) is 47.4 Å². The number of aryl methyl sites for hydroxylation is 1. The highest BCUT2D eigenvalue weighted by molar-refractivity contribution is 6.06. The third kappa shape index (κ3) is 4.02. The summed E-state index contributed by atoms with van der Waals surface area (Å²) in [6.07, 6.45) is -1.59. The lowest BCUT2D eigenvalue weighted by molar-refractivity contribution is -0.136. The fourth-order valence-corrected chi connectivity index (χ4v) is 4.07. The van der Waals surface area contributed by atoms with E-state index in [2.05, 4.69) is 10.3 Å². The maximum atomic E-state index is 13.8. The Kier molecular flexibility index (Phi) is 5.24. The standard InChI is InChI=1S/C23H22F3N3O2/c1-13-5-7-16-20(10-13)27-12-17(21(16)30)22(31)28-19-8-6-15(11-18(19)23(24,25)26)29-9-3-4-14(29)2/h5-8,10-12,14H,3-4,9H2,1-2H3,(H,27,30)(H,28,31)/t14-/m0/s1. The second-order valence-corrected chi connectivity index (χ2v) is 7.95. The molecule has 2 heterocycles. The van der Waals surface area contributed by atoms with Crippen LogP contribution < -0.4 is 15.6 Å². The van der Waals surface area contributed by atoms with Crippen LogP contribution in [0.25, 0.3) is 10.9 Å². The molecule has 162 valence electrons. The van der Waals surface area contributed by atoms with Crippen LogP contribution in [-0.4, -0.2) is 23.5 Å². The van der Waals surface area contributed by atoms with Gasteiger partial charge in [-0.05, 0) is 62.6 Å². The number of fused-ring (bicyclic) bond motifs is 1. The minimum atomic E-state index is -4.66. The summed E-state index contributed by atoms with van der Waals surface area (Å²) in [4.78, 5) is 30.2. The van der Waals surface area contributed by atoms with Crippen LogP contribution in [-0.2, 0) is 6.18 Å². The average Bonchev–Trinajstić information content (AvgIpc) is 3.13. The van der Waals surface area contributed by atoms with Crippen molar-refractivity contribution in [2.75, 3.05) is 16.8 Å². The molecule has 1 fully saturated rings. The van der Waals surface area contributed by atoms with Crippen molar-refractivity contribution in [1.29, 1.82) is 0 Å². The predicted octanol–water partition coefficient (Wildman–Crippen LogP) is 5.10. The van der Waals surface area contributed by atoms with Crippen molar-refractivity contribution >= 4 is 28.2 Å². The number of nitrogens with zero attached hydrogens (tertiary/aromatic N) is 1. The first kappa shape index (κ1) is 21.0. The Morgan fingerprint density at radius 3 is 2.65 bits per heavy atom. The molecular weight excluding hydrogens is 407 g/mol. The van der Waals surface area contributed by atoms with Crippen molar-refractivity contribution in [2.24, 2.45) is 0 Å². The van der Waals surface area contributed by atoms with Crippen LogP contribution in [0, 0.1) is 6.92 Å². The third-order valence-electron chi connectivity index (χ3n) is 5.72. The number of halogens is 3. The van der Waals surface area contributed by atoms with Gasteiger partial charge in [0, 0.05) is 35.4 Å². The fourth-order valence-electron chi connectivity index (χ4n) is 4.07. The number of hydrogen-bond acceptors (Lipinski definition) is 3. The van der Waals surface area contributed by atoms with Crippen LogP contribution in [0.2, 0.25) is 0 Å². The number of anilines is 2. The summed E-state index contributed by atoms with van der Waals surface area (Å²) in [6.45, 7) is 4.53. The first-order valence-corrected chi connectivity index (χ1v) is 10.1. The van der Waals surface area contributed by atoms with Gasteiger partial charge in [0.2, 0.25) is 5.43 Å². The number of amides is 1. The first-order chi connectivity index (χ1) is 14.6. The van der Waals surface area contributed by atoms with E-state index < -0.39 is 23.1 Å². The van der Waals surface area contributed by atoms with Crippen molar-refractivity contribution in [1.82, 2.24) is 4.98 Å². The van der Waals surface area contributed by atoms with Gasteiger partial charge in [-0.1, -0.05) is 6.07 Å². The van der Waals surface area contributed by atoms with E-state index in [1.165, 1.54) is 12.3 Å². The van der Waals surface area contributed by atoms with E-state index in [0.29, 0.717) is 23.1 Å². The van der Waals surface area contributed by atoms with Gasteiger partial charge in [0.1, 0.15) is 5.56 Å². The molecule has 8 heteroatoms. The zero-order valence-electron chi connectivity index (χ0n) is 17.1. The van der Waals surface area contributed by atoms with E-state index in [1.54, 1.807) is 24.3 Å². The molecule has 5 nitrogen and oxygen atoms in total. The Morgan fingerprint density at radius 1 is 1.19 bits per heavy atom. The molecule has 1 atom stereocenters. The van der Waals surface area contributed by atoms with Gasteiger partial charge < -0.3 is 15.2 Å². The lowest BCUT2D eigenvalue weighted by atomic mass is 10.1. The van der Waals surface area contributed by atoms with E-state index in [1.807, 2.05) is 18.7 Å². The minimum absolute atomic E-state index is 0.154. The second kappa shape index (κ2) is 7.76. The molecule has 31 heavy (non-hydrogen) atoms. The quantitative estimate of drug-likeness (QED) is 0.609. The van der Waals surface area contributed by atoms with Gasteiger partial charge in [0.25, 0.3) is 5.91 Å².